The van der Waals surface area contributed by atoms with Crippen LogP contribution in [-0.4, -0.2) is 76.2 Å². The number of carbonyl (C=O) groups excluding carboxylic acids is 4. The van der Waals surface area contributed by atoms with E-state index < -0.39 is 0 Å². The van der Waals surface area contributed by atoms with E-state index in [2.05, 4.69) is 41.8 Å². The summed E-state index contributed by atoms with van der Waals surface area (Å²) in [5.74, 6) is 1.39. The first-order chi connectivity index (χ1) is 29.8. The van der Waals surface area contributed by atoms with Crippen molar-refractivity contribution in [2.75, 3.05) is 50.3 Å². The van der Waals surface area contributed by atoms with E-state index in [-0.39, 0.29) is 29.7 Å². The van der Waals surface area contributed by atoms with Gasteiger partial charge in [-0.25, -0.2) is 0 Å². The third-order valence-corrected chi connectivity index (χ3v) is 11.9. The summed E-state index contributed by atoms with van der Waals surface area (Å²) in [6.45, 7) is 13.1. The number of nitrogens with zero attached hydrogens (tertiary/aromatic N) is 2. The van der Waals surface area contributed by atoms with E-state index in [0.717, 1.165) is 77.0 Å². The van der Waals surface area contributed by atoms with Gasteiger partial charge in [-0.1, -0.05) is 43.9 Å². The van der Waals surface area contributed by atoms with Crippen LogP contribution >= 0.6 is 0 Å². The van der Waals surface area contributed by atoms with Crippen molar-refractivity contribution in [1.82, 2.24) is 10.6 Å². The summed E-state index contributed by atoms with van der Waals surface area (Å²) in [6.07, 6.45) is 9.76. The Labute approximate surface area is 368 Å². The third kappa shape index (κ3) is 12.8. The zero-order valence-corrected chi connectivity index (χ0v) is 38.0. The fourth-order valence-corrected chi connectivity index (χ4v) is 8.60. The van der Waals surface area contributed by atoms with Gasteiger partial charge in [0.1, 0.15) is 11.5 Å². The first kappa shape index (κ1) is 47.5. The van der Waals surface area contributed by atoms with E-state index in [1.54, 1.807) is 40.2 Å². The lowest BCUT2D eigenvalue weighted by Gasteiger charge is -2.28. The maximum atomic E-state index is 12.5. The predicted octanol–water partition coefficient (Wildman–Crippen LogP) is 9.33. The number of ether oxygens (including phenoxy) is 3. The lowest BCUT2D eigenvalue weighted by molar-refractivity contribution is -0.117. The smallest absolute Gasteiger partial charge is 0.251 e. The van der Waals surface area contributed by atoms with Crippen LogP contribution in [0.25, 0.3) is 0 Å². The molecule has 0 radical (unpaired) electrons. The number of methoxy groups -OCH3 is 2. The number of hydrogen-bond donors (Lipinski definition) is 2. The van der Waals surface area contributed by atoms with E-state index in [0.29, 0.717) is 49.2 Å². The summed E-state index contributed by atoms with van der Waals surface area (Å²) in [6, 6.07) is 24.3. The largest absolute Gasteiger partial charge is 0.457 e. The van der Waals surface area contributed by atoms with E-state index in [1.807, 2.05) is 67.0 Å². The Bertz CT molecular complexity index is 2170. The average molecular weight is 847 g/mol. The van der Waals surface area contributed by atoms with Gasteiger partial charge in [-0.2, -0.15) is 0 Å². The summed E-state index contributed by atoms with van der Waals surface area (Å²) < 4.78 is 16.1. The SMILES string of the molecule is COCCNC(=O)c1cc(Cc2ccc(N(C(C)=O)C3CCCC3)cc2C)ccc1C.COCCNC(=O)c1ccc(Oc2ccc(N(C(C)=O)C3CCCC3)cc2C)cc1C. The molecule has 0 heterocycles. The van der Waals surface area contributed by atoms with Crippen molar-refractivity contribution >= 4 is 35.0 Å². The molecule has 4 aromatic rings. The maximum Gasteiger partial charge on any atom is 0.251 e. The van der Waals surface area contributed by atoms with Crippen molar-refractivity contribution in [3.8, 4) is 11.5 Å². The van der Waals surface area contributed by atoms with Crippen LogP contribution in [0.2, 0.25) is 0 Å². The van der Waals surface area contributed by atoms with Crippen LogP contribution in [0.4, 0.5) is 11.4 Å². The number of anilines is 2. The fourth-order valence-electron chi connectivity index (χ4n) is 8.60. The van der Waals surface area contributed by atoms with Crippen LogP contribution in [0.15, 0.2) is 72.8 Å². The number of nitrogens with one attached hydrogen (secondary N) is 2. The highest BCUT2D eigenvalue weighted by atomic mass is 16.5. The highest BCUT2D eigenvalue weighted by Gasteiger charge is 2.27. The highest BCUT2D eigenvalue weighted by molar-refractivity contribution is 5.96. The Balaban J connectivity index is 0.000000234. The molecule has 0 saturated heterocycles. The van der Waals surface area contributed by atoms with Gasteiger partial charge in [0, 0.05) is 75.7 Å². The van der Waals surface area contributed by atoms with Gasteiger partial charge in [-0.05, 0) is 148 Å². The van der Waals surface area contributed by atoms with Crippen LogP contribution in [0.3, 0.4) is 0 Å². The van der Waals surface area contributed by atoms with Gasteiger partial charge in [0.15, 0.2) is 0 Å². The summed E-state index contributed by atoms with van der Waals surface area (Å²) in [5, 5.41) is 5.73. The zero-order valence-electron chi connectivity index (χ0n) is 38.0. The van der Waals surface area contributed by atoms with E-state index in [1.165, 1.54) is 31.2 Å². The molecule has 11 heteroatoms. The molecular weight excluding hydrogens is 781 g/mol. The Morgan fingerprint density at radius 1 is 0.581 bits per heavy atom. The molecule has 6 rings (SSSR count). The van der Waals surface area contributed by atoms with Crippen molar-refractivity contribution in [3.63, 3.8) is 0 Å². The third-order valence-electron chi connectivity index (χ3n) is 11.9. The van der Waals surface area contributed by atoms with Crippen molar-refractivity contribution < 1.29 is 33.4 Å². The number of benzene rings is 4. The van der Waals surface area contributed by atoms with Gasteiger partial charge in [0.05, 0.1) is 13.2 Å². The topological polar surface area (TPSA) is 127 Å². The molecule has 0 unspecified atom stereocenters. The van der Waals surface area contributed by atoms with Crippen LogP contribution in [0.5, 0.6) is 11.5 Å². The molecule has 0 spiro atoms. The van der Waals surface area contributed by atoms with E-state index in [4.69, 9.17) is 14.2 Å². The van der Waals surface area contributed by atoms with Gasteiger partial charge < -0.3 is 34.6 Å². The molecule has 2 N–H and O–H groups in total. The van der Waals surface area contributed by atoms with Gasteiger partial charge in [-0.15, -0.1) is 0 Å². The lowest BCUT2D eigenvalue weighted by atomic mass is 9.96. The van der Waals surface area contributed by atoms with Gasteiger partial charge in [0.25, 0.3) is 11.8 Å². The van der Waals surface area contributed by atoms with Gasteiger partial charge in [-0.3, -0.25) is 19.2 Å². The minimum absolute atomic E-state index is 0.0721. The molecule has 2 aliphatic carbocycles. The molecule has 62 heavy (non-hydrogen) atoms. The molecule has 2 saturated carbocycles. The minimum Gasteiger partial charge on any atom is -0.457 e. The van der Waals surface area contributed by atoms with E-state index >= 15 is 0 Å². The van der Waals surface area contributed by atoms with Gasteiger partial charge >= 0.3 is 0 Å². The van der Waals surface area contributed by atoms with Crippen LogP contribution in [0.1, 0.15) is 119 Å². The normalized spacial score (nSPS) is 13.9. The summed E-state index contributed by atoms with van der Waals surface area (Å²) in [4.78, 5) is 53.3. The number of rotatable bonds is 16. The quantitative estimate of drug-likeness (QED) is 0.108. The minimum atomic E-state index is -0.127. The number of carbonyl (C=O) groups is 4. The average Bonchev–Trinajstić information content (AvgIpc) is 3.97. The predicted molar refractivity (Wildman–Crippen MR) is 247 cm³/mol. The number of aryl methyl sites for hydroxylation is 4. The fraction of sp³-hybridized carbons (Fsp3) is 0.451. The molecule has 332 valence electrons. The van der Waals surface area contributed by atoms with Crippen molar-refractivity contribution in [2.45, 2.75) is 111 Å². The zero-order chi connectivity index (χ0) is 44.8. The maximum absolute atomic E-state index is 12.5. The lowest BCUT2D eigenvalue weighted by Crippen LogP contribution is -2.37. The van der Waals surface area contributed by atoms with Crippen molar-refractivity contribution in [2.24, 2.45) is 0 Å². The Morgan fingerprint density at radius 2 is 1.11 bits per heavy atom. The van der Waals surface area contributed by atoms with E-state index in [9.17, 15) is 19.2 Å². The van der Waals surface area contributed by atoms with Crippen LogP contribution in [0, 0.1) is 27.7 Å². The van der Waals surface area contributed by atoms with Crippen LogP contribution in [-0.2, 0) is 25.5 Å². The first-order valence-corrected chi connectivity index (χ1v) is 22.0. The molecule has 2 fully saturated rings. The molecule has 4 aromatic carbocycles. The number of amides is 4. The molecule has 0 atom stereocenters. The molecule has 4 amide bonds. The first-order valence-electron chi connectivity index (χ1n) is 22.0. The standard InChI is InChI=1S/C26H34N2O3.C25H32N2O4/c1-18-9-10-21(17-25(18)26(30)27-13-14-31-4)16-22-11-12-24(15-19(22)2)28(20(3)29)23-7-5-6-8-23;1-17-16-22(10-11-23(17)25(29)26-13-14-30-4)31-24-12-9-21(15-18(24)2)27(19(3)28)20-7-5-6-8-20/h9-12,15,17,23H,5-8,13-14,16H2,1-4H3,(H,27,30);9-12,15-16,20H,5-8,13-14H2,1-4H3,(H,26,29). The Hall–Kier alpha value is -5.52. The van der Waals surface area contributed by atoms with Crippen molar-refractivity contribution in [1.29, 1.82) is 0 Å². The van der Waals surface area contributed by atoms with Crippen molar-refractivity contribution in [3.05, 3.63) is 117 Å². The van der Waals surface area contributed by atoms with Crippen LogP contribution < -0.4 is 25.2 Å². The highest BCUT2D eigenvalue weighted by Crippen LogP contribution is 2.34. The molecular formula is C51H66N4O7. The molecule has 2 aliphatic rings. The summed E-state index contributed by atoms with van der Waals surface area (Å²) in [5.41, 5.74) is 9.44. The Kier molecular flexibility index (Phi) is 17.7. The molecule has 11 nitrogen and oxygen atoms in total. The second-order valence-electron chi connectivity index (χ2n) is 16.6. The molecule has 0 bridgehead atoms. The number of hydrogen-bond acceptors (Lipinski definition) is 7. The van der Waals surface area contributed by atoms with Gasteiger partial charge in [0.2, 0.25) is 11.8 Å². The monoisotopic (exact) mass is 846 g/mol. The summed E-state index contributed by atoms with van der Waals surface area (Å²) in [7, 11) is 3.22. The molecule has 0 aliphatic heterocycles. The summed E-state index contributed by atoms with van der Waals surface area (Å²) >= 11 is 0. The second-order valence-corrected chi connectivity index (χ2v) is 16.6. The second kappa shape index (κ2) is 23.1. The molecule has 0 aromatic heterocycles. The Morgan fingerprint density at radius 3 is 1.61 bits per heavy atom.